The zero-order chi connectivity index (χ0) is 13.8. The van der Waals surface area contributed by atoms with Crippen LogP contribution in [0.25, 0.3) is 11.0 Å². The van der Waals surface area contributed by atoms with Crippen LogP contribution < -0.4 is 5.32 Å². The Morgan fingerprint density at radius 1 is 1.30 bits per heavy atom. The molecule has 2 heterocycles. The lowest BCUT2D eigenvalue weighted by Gasteiger charge is -2.25. The Labute approximate surface area is 119 Å². The van der Waals surface area contributed by atoms with Crippen LogP contribution in [0.2, 0.25) is 0 Å². The molecule has 0 atom stereocenters. The average molecular weight is 275 g/mol. The summed E-state index contributed by atoms with van der Waals surface area (Å²) in [4.78, 5) is 0. The number of rotatable bonds is 7. The molecule has 2 aromatic rings. The zero-order valence-electron chi connectivity index (χ0n) is 11.9. The molecular weight excluding hydrogens is 254 g/mol. The van der Waals surface area contributed by atoms with Crippen LogP contribution >= 0.6 is 0 Å². The van der Waals surface area contributed by atoms with Crippen LogP contribution in [0.1, 0.15) is 24.7 Å². The van der Waals surface area contributed by atoms with Gasteiger partial charge in [-0.15, -0.1) is 0 Å². The lowest BCUT2D eigenvalue weighted by Crippen LogP contribution is -2.35. The van der Waals surface area contributed by atoms with E-state index in [9.17, 15) is 0 Å². The summed E-state index contributed by atoms with van der Waals surface area (Å²) < 4.78 is 16.9. The van der Waals surface area contributed by atoms with Gasteiger partial charge >= 0.3 is 0 Å². The number of ether oxygens (including phenoxy) is 2. The van der Waals surface area contributed by atoms with Crippen LogP contribution in [0.4, 0.5) is 0 Å². The highest BCUT2D eigenvalue weighted by Gasteiger charge is 2.21. The maximum atomic E-state index is 5.94. The Bertz CT molecular complexity index is 560. The van der Waals surface area contributed by atoms with E-state index in [1.54, 1.807) is 0 Å². The normalized spacial score (nSPS) is 15.7. The van der Waals surface area contributed by atoms with Gasteiger partial charge in [-0.1, -0.05) is 25.1 Å². The van der Waals surface area contributed by atoms with Crippen LogP contribution in [0, 0.1) is 0 Å². The van der Waals surface area contributed by atoms with Crippen molar-refractivity contribution >= 4 is 11.0 Å². The number of para-hydroxylation sites is 1. The van der Waals surface area contributed by atoms with Gasteiger partial charge < -0.3 is 19.2 Å². The van der Waals surface area contributed by atoms with Crippen LogP contribution in [-0.4, -0.2) is 25.9 Å². The monoisotopic (exact) mass is 275 g/mol. The Kier molecular flexibility index (Phi) is 4.35. The Morgan fingerprint density at radius 2 is 2.15 bits per heavy atom. The minimum Gasteiger partial charge on any atom is -0.458 e. The van der Waals surface area contributed by atoms with Crippen LogP contribution in [0.3, 0.4) is 0 Å². The molecule has 0 spiro atoms. The molecule has 3 rings (SSSR count). The van der Waals surface area contributed by atoms with E-state index in [-0.39, 0.29) is 6.10 Å². The highest BCUT2D eigenvalue weighted by molar-refractivity contribution is 5.82. The summed E-state index contributed by atoms with van der Waals surface area (Å²) in [7, 11) is 0. The predicted molar refractivity (Wildman–Crippen MR) is 77.6 cm³/mol. The molecular formula is C16H21NO3. The fourth-order valence-electron chi connectivity index (χ4n) is 2.35. The summed E-state index contributed by atoms with van der Waals surface area (Å²) >= 11 is 0. The molecule has 4 nitrogen and oxygen atoms in total. The maximum absolute atomic E-state index is 5.94. The summed E-state index contributed by atoms with van der Waals surface area (Å²) in [6.45, 7) is 5.92. The van der Waals surface area contributed by atoms with Gasteiger partial charge in [-0.25, -0.2) is 0 Å². The van der Waals surface area contributed by atoms with Gasteiger partial charge in [-0.2, -0.15) is 0 Å². The molecule has 1 aromatic carbocycles. The van der Waals surface area contributed by atoms with Gasteiger partial charge in [0, 0.05) is 17.5 Å². The fourth-order valence-corrected chi connectivity index (χ4v) is 2.35. The zero-order valence-corrected chi connectivity index (χ0v) is 11.9. The second kappa shape index (κ2) is 6.39. The summed E-state index contributed by atoms with van der Waals surface area (Å²) in [6, 6.07) is 8.16. The molecule has 0 bridgehead atoms. The molecule has 1 fully saturated rings. The molecule has 4 heteroatoms. The predicted octanol–water partition coefficient (Wildman–Crippen LogP) is 2.85. The van der Waals surface area contributed by atoms with Crippen molar-refractivity contribution in [3.63, 3.8) is 0 Å². The first-order valence-corrected chi connectivity index (χ1v) is 7.28. The highest BCUT2D eigenvalue weighted by Crippen LogP contribution is 2.27. The van der Waals surface area contributed by atoms with Crippen molar-refractivity contribution in [1.29, 1.82) is 0 Å². The third-order valence-electron chi connectivity index (χ3n) is 3.57. The van der Waals surface area contributed by atoms with Gasteiger partial charge in [0.25, 0.3) is 0 Å². The topological polar surface area (TPSA) is 43.6 Å². The standard InChI is InChI=1S/C16H21NO3/c1-2-7-17-8-14-13-5-3-4-6-15(13)20-16(14)11-19-12-9-18-10-12/h3-6,12,17H,2,7-11H2,1H3. The van der Waals surface area contributed by atoms with Crippen molar-refractivity contribution in [2.45, 2.75) is 32.6 Å². The Morgan fingerprint density at radius 3 is 2.90 bits per heavy atom. The van der Waals surface area contributed by atoms with Crippen LogP contribution in [0.15, 0.2) is 28.7 Å². The third-order valence-corrected chi connectivity index (χ3v) is 3.57. The van der Waals surface area contributed by atoms with E-state index in [0.717, 1.165) is 30.9 Å². The van der Waals surface area contributed by atoms with Gasteiger partial charge in [0.2, 0.25) is 0 Å². The molecule has 0 amide bonds. The quantitative estimate of drug-likeness (QED) is 0.789. The molecule has 1 saturated heterocycles. The van der Waals surface area contributed by atoms with E-state index in [1.165, 1.54) is 10.9 Å². The van der Waals surface area contributed by atoms with Gasteiger partial charge in [-0.3, -0.25) is 0 Å². The second-order valence-corrected chi connectivity index (χ2v) is 5.15. The molecule has 1 N–H and O–H groups in total. The molecule has 0 unspecified atom stereocenters. The maximum Gasteiger partial charge on any atom is 0.135 e. The Hall–Kier alpha value is -1.36. The molecule has 0 aliphatic carbocycles. The summed E-state index contributed by atoms with van der Waals surface area (Å²) in [5, 5.41) is 4.63. The van der Waals surface area contributed by atoms with Crippen molar-refractivity contribution in [2.75, 3.05) is 19.8 Å². The third kappa shape index (κ3) is 2.87. The van der Waals surface area contributed by atoms with E-state index < -0.39 is 0 Å². The largest absolute Gasteiger partial charge is 0.458 e. The number of furan rings is 1. The number of fused-ring (bicyclic) bond motifs is 1. The summed E-state index contributed by atoms with van der Waals surface area (Å²) in [5.41, 5.74) is 2.15. The van der Waals surface area contributed by atoms with Crippen molar-refractivity contribution in [1.82, 2.24) is 5.32 Å². The molecule has 1 aliphatic rings. The van der Waals surface area contributed by atoms with Crippen LogP contribution in [-0.2, 0) is 22.6 Å². The first-order chi connectivity index (χ1) is 9.88. The van der Waals surface area contributed by atoms with E-state index in [1.807, 2.05) is 18.2 Å². The molecule has 1 aromatic heterocycles. The summed E-state index contributed by atoms with van der Waals surface area (Å²) in [6.07, 6.45) is 1.35. The summed E-state index contributed by atoms with van der Waals surface area (Å²) in [5.74, 6) is 0.932. The van der Waals surface area contributed by atoms with Gasteiger partial charge in [0.05, 0.1) is 13.2 Å². The van der Waals surface area contributed by atoms with E-state index in [0.29, 0.717) is 19.8 Å². The fraction of sp³-hybridized carbons (Fsp3) is 0.500. The molecule has 108 valence electrons. The average Bonchev–Trinajstić information content (AvgIpc) is 2.76. The van der Waals surface area contributed by atoms with E-state index >= 15 is 0 Å². The lowest BCUT2D eigenvalue weighted by molar-refractivity contribution is -0.137. The molecule has 0 saturated carbocycles. The number of hydrogen-bond donors (Lipinski definition) is 1. The molecule has 1 aliphatic heterocycles. The van der Waals surface area contributed by atoms with Crippen LogP contribution in [0.5, 0.6) is 0 Å². The van der Waals surface area contributed by atoms with Crippen molar-refractivity contribution < 1.29 is 13.9 Å². The minimum absolute atomic E-state index is 0.222. The van der Waals surface area contributed by atoms with Gasteiger partial charge in [0.1, 0.15) is 24.1 Å². The molecule has 0 radical (unpaired) electrons. The minimum atomic E-state index is 0.222. The molecule has 20 heavy (non-hydrogen) atoms. The first-order valence-electron chi connectivity index (χ1n) is 7.28. The van der Waals surface area contributed by atoms with Crippen molar-refractivity contribution in [3.8, 4) is 0 Å². The Balaban J connectivity index is 1.78. The van der Waals surface area contributed by atoms with Gasteiger partial charge in [0.15, 0.2) is 0 Å². The lowest BCUT2D eigenvalue weighted by atomic mass is 10.1. The second-order valence-electron chi connectivity index (χ2n) is 5.15. The number of nitrogens with one attached hydrogen (secondary N) is 1. The SMILES string of the molecule is CCCNCc1c(COC2COC2)oc2ccccc12. The van der Waals surface area contributed by atoms with E-state index in [2.05, 4.69) is 18.3 Å². The van der Waals surface area contributed by atoms with Crippen molar-refractivity contribution in [2.24, 2.45) is 0 Å². The van der Waals surface area contributed by atoms with Crippen molar-refractivity contribution in [3.05, 3.63) is 35.6 Å². The highest BCUT2D eigenvalue weighted by atomic mass is 16.6. The first kappa shape index (κ1) is 13.6. The van der Waals surface area contributed by atoms with Gasteiger partial charge in [-0.05, 0) is 19.0 Å². The smallest absolute Gasteiger partial charge is 0.135 e. The number of benzene rings is 1. The van der Waals surface area contributed by atoms with E-state index in [4.69, 9.17) is 13.9 Å². The number of hydrogen-bond acceptors (Lipinski definition) is 4.